The van der Waals surface area contributed by atoms with Gasteiger partial charge in [-0.1, -0.05) is 13.3 Å². The molecule has 0 aliphatic carbocycles. The summed E-state index contributed by atoms with van der Waals surface area (Å²) < 4.78 is 4.68. The van der Waals surface area contributed by atoms with Crippen molar-refractivity contribution in [1.82, 2.24) is 0 Å². The van der Waals surface area contributed by atoms with Crippen LogP contribution < -0.4 is 0 Å². The molecule has 0 aliphatic rings. The average molecular weight is 264 g/mol. The Morgan fingerprint density at radius 3 is 2.47 bits per heavy atom. The summed E-state index contributed by atoms with van der Waals surface area (Å²) in [6.45, 7) is 5.13. The lowest BCUT2D eigenvalue weighted by atomic mass is 9.93. The van der Waals surface area contributed by atoms with Gasteiger partial charge in [-0.05, 0) is 43.9 Å². The molecule has 0 unspecified atom stereocenters. The lowest BCUT2D eigenvalue weighted by molar-refractivity contribution is 0.0596. The van der Waals surface area contributed by atoms with Crippen molar-refractivity contribution < 1.29 is 19.4 Å². The number of Topliss-reactive ketones (excluding diaryl/α,β-unsaturated/α-hetero) is 1. The zero-order valence-corrected chi connectivity index (χ0v) is 11.9. The Balaban J connectivity index is 3.46. The number of esters is 1. The number of phenols is 1. The van der Waals surface area contributed by atoms with Crippen LogP contribution in [0.4, 0.5) is 0 Å². The molecule has 4 nitrogen and oxygen atoms in total. The van der Waals surface area contributed by atoms with Crippen molar-refractivity contribution in [3.05, 3.63) is 28.3 Å². The second-order valence-electron chi connectivity index (χ2n) is 4.58. The minimum atomic E-state index is -0.615. The number of carbonyl (C=O) groups excluding carboxylic acids is 2. The van der Waals surface area contributed by atoms with Crippen molar-refractivity contribution in [2.45, 2.75) is 40.0 Å². The van der Waals surface area contributed by atoms with Crippen LogP contribution >= 0.6 is 0 Å². The summed E-state index contributed by atoms with van der Waals surface area (Å²) in [5, 5.41) is 10.2. The zero-order valence-electron chi connectivity index (χ0n) is 11.9. The van der Waals surface area contributed by atoms with Crippen molar-refractivity contribution >= 4 is 11.8 Å². The van der Waals surface area contributed by atoms with E-state index in [9.17, 15) is 14.7 Å². The fourth-order valence-electron chi connectivity index (χ4n) is 2.10. The zero-order chi connectivity index (χ0) is 14.6. The maximum Gasteiger partial charge on any atom is 0.341 e. The van der Waals surface area contributed by atoms with Crippen LogP contribution in [0.1, 0.15) is 58.5 Å². The summed E-state index contributed by atoms with van der Waals surface area (Å²) in [6, 6.07) is 1.68. The number of methoxy groups -OCH3 is 1. The number of carbonyl (C=O) groups is 2. The van der Waals surface area contributed by atoms with E-state index in [1.807, 2.05) is 6.92 Å². The van der Waals surface area contributed by atoms with Crippen molar-refractivity contribution in [3.63, 3.8) is 0 Å². The van der Waals surface area contributed by atoms with E-state index in [2.05, 4.69) is 4.74 Å². The molecule has 0 bridgehead atoms. The Labute approximate surface area is 113 Å². The van der Waals surface area contributed by atoms with Gasteiger partial charge >= 0.3 is 5.97 Å². The number of aromatic hydroxyl groups is 1. The summed E-state index contributed by atoms with van der Waals surface area (Å²) in [4.78, 5) is 23.4. The molecule has 1 aromatic rings. The van der Waals surface area contributed by atoms with Gasteiger partial charge in [0.1, 0.15) is 11.3 Å². The summed E-state index contributed by atoms with van der Waals surface area (Å²) in [5.74, 6) is -0.806. The molecular weight excluding hydrogens is 244 g/mol. The van der Waals surface area contributed by atoms with Gasteiger partial charge in [-0.3, -0.25) is 4.79 Å². The third-order valence-corrected chi connectivity index (χ3v) is 3.21. The maximum atomic E-state index is 11.8. The topological polar surface area (TPSA) is 63.6 Å². The summed E-state index contributed by atoms with van der Waals surface area (Å²) >= 11 is 0. The van der Waals surface area contributed by atoms with Crippen LogP contribution in [0, 0.1) is 6.92 Å². The van der Waals surface area contributed by atoms with Gasteiger partial charge in [0.15, 0.2) is 5.78 Å². The highest BCUT2D eigenvalue weighted by molar-refractivity contribution is 6.02. The second-order valence-corrected chi connectivity index (χ2v) is 4.58. The van der Waals surface area contributed by atoms with Crippen molar-refractivity contribution in [1.29, 1.82) is 0 Å². The number of benzene rings is 1. The first-order valence-electron chi connectivity index (χ1n) is 6.38. The molecule has 0 aliphatic heterocycles. The maximum absolute atomic E-state index is 11.8. The van der Waals surface area contributed by atoms with Gasteiger partial charge in [0.05, 0.1) is 7.11 Å². The minimum absolute atomic E-state index is 0.0669. The largest absolute Gasteiger partial charge is 0.507 e. The predicted octanol–water partition coefficient (Wildman–Crippen LogP) is 3.03. The molecule has 0 fully saturated rings. The predicted molar refractivity (Wildman–Crippen MR) is 72.8 cm³/mol. The van der Waals surface area contributed by atoms with Gasteiger partial charge in [-0.2, -0.15) is 0 Å². The Morgan fingerprint density at radius 2 is 2.00 bits per heavy atom. The Bertz CT molecular complexity index is 503. The van der Waals surface area contributed by atoms with E-state index in [0.717, 1.165) is 12.8 Å². The average Bonchev–Trinajstić information content (AvgIpc) is 2.37. The second kappa shape index (κ2) is 6.36. The highest BCUT2D eigenvalue weighted by Crippen LogP contribution is 2.31. The fraction of sp³-hybridized carbons (Fsp3) is 0.467. The molecular formula is C15H20O4. The molecule has 0 spiro atoms. The Kier molecular flexibility index (Phi) is 5.10. The number of aryl methyl sites for hydroxylation is 1. The van der Waals surface area contributed by atoms with E-state index >= 15 is 0 Å². The molecule has 0 saturated carbocycles. The Hall–Kier alpha value is -1.84. The minimum Gasteiger partial charge on any atom is -0.507 e. The van der Waals surface area contributed by atoms with E-state index in [1.54, 1.807) is 13.0 Å². The highest BCUT2D eigenvalue weighted by atomic mass is 16.5. The molecule has 0 radical (unpaired) electrons. The summed E-state index contributed by atoms with van der Waals surface area (Å²) in [6.07, 6.45) is 2.48. The summed E-state index contributed by atoms with van der Waals surface area (Å²) in [7, 11) is 1.26. The quantitative estimate of drug-likeness (QED) is 0.656. The molecule has 0 aromatic heterocycles. The van der Waals surface area contributed by atoms with Crippen LogP contribution in [-0.2, 0) is 11.2 Å². The Morgan fingerprint density at radius 1 is 1.37 bits per heavy atom. The van der Waals surface area contributed by atoms with Gasteiger partial charge in [0.25, 0.3) is 0 Å². The van der Waals surface area contributed by atoms with Gasteiger partial charge in [0, 0.05) is 5.56 Å². The number of ether oxygens (including phenoxy) is 1. The van der Waals surface area contributed by atoms with E-state index < -0.39 is 5.97 Å². The van der Waals surface area contributed by atoms with Gasteiger partial charge < -0.3 is 9.84 Å². The van der Waals surface area contributed by atoms with Crippen LogP contribution in [0.2, 0.25) is 0 Å². The van der Waals surface area contributed by atoms with Crippen LogP contribution in [0.25, 0.3) is 0 Å². The third kappa shape index (κ3) is 3.13. The van der Waals surface area contributed by atoms with Gasteiger partial charge in [-0.25, -0.2) is 4.79 Å². The van der Waals surface area contributed by atoms with E-state index in [-0.39, 0.29) is 17.1 Å². The number of hydrogen-bond donors (Lipinski definition) is 1. The third-order valence-electron chi connectivity index (χ3n) is 3.21. The van der Waals surface area contributed by atoms with E-state index in [4.69, 9.17) is 0 Å². The summed E-state index contributed by atoms with van der Waals surface area (Å²) in [5.41, 5.74) is 1.65. The molecule has 1 rings (SSSR count). The molecule has 4 heteroatoms. The van der Waals surface area contributed by atoms with Gasteiger partial charge in [0.2, 0.25) is 0 Å². The SMILES string of the molecule is CCCCc1cc(C(C)=O)c(C)c(C(=O)OC)c1O. The van der Waals surface area contributed by atoms with Crippen molar-refractivity contribution in [3.8, 4) is 5.75 Å². The monoisotopic (exact) mass is 264 g/mol. The van der Waals surface area contributed by atoms with Gasteiger partial charge in [-0.15, -0.1) is 0 Å². The molecule has 0 heterocycles. The lowest BCUT2D eigenvalue weighted by Crippen LogP contribution is -2.10. The molecule has 0 atom stereocenters. The fourth-order valence-corrected chi connectivity index (χ4v) is 2.10. The first-order valence-corrected chi connectivity index (χ1v) is 6.38. The lowest BCUT2D eigenvalue weighted by Gasteiger charge is -2.14. The molecule has 1 N–H and O–H groups in total. The molecule has 19 heavy (non-hydrogen) atoms. The van der Waals surface area contributed by atoms with Crippen LogP contribution in [-0.4, -0.2) is 24.0 Å². The van der Waals surface area contributed by atoms with E-state index in [0.29, 0.717) is 23.1 Å². The molecule has 0 amide bonds. The number of hydrogen-bond acceptors (Lipinski definition) is 4. The molecule has 104 valence electrons. The molecule has 1 aromatic carbocycles. The first-order chi connectivity index (χ1) is 8.93. The first kappa shape index (κ1) is 15.2. The van der Waals surface area contributed by atoms with Crippen LogP contribution in [0.3, 0.4) is 0 Å². The number of phenolic OH excluding ortho intramolecular Hbond substituents is 1. The highest BCUT2D eigenvalue weighted by Gasteiger charge is 2.22. The van der Waals surface area contributed by atoms with E-state index in [1.165, 1.54) is 14.0 Å². The van der Waals surface area contributed by atoms with Crippen LogP contribution in [0.5, 0.6) is 5.75 Å². The van der Waals surface area contributed by atoms with Crippen molar-refractivity contribution in [2.75, 3.05) is 7.11 Å². The smallest absolute Gasteiger partial charge is 0.341 e. The molecule has 0 saturated heterocycles. The number of unbranched alkanes of at least 4 members (excludes halogenated alkanes) is 1. The normalized spacial score (nSPS) is 10.3. The number of rotatable bonds is 5. The number of ketones is 1. The van der Waals surface area contributed by atoms with Crippen LogP contribution in [0.15, 0.2) is 6.07 Å². The standard InChI is InChI=1S/C15H20O4/c1-5-6-7-11-8-12(10(3)16)9(2)13(14(11)17)15(18)19-4/h8,17H,5-7H2,1-4H3. The van der Waals surface area contributed by atoms with Crippen molar-refractivity contribution in [2.24, 2.45) is 0 Å².